The molecule has 0 aromatic heterocycles. The molecule has 2 saturated heterocycles. The summed E-state index contributed by atoms with van der Waals surface area (Å²) in [6.45, 7) is 5.89. The lowest BCUT2D eigenvalue weighted by atomic mass is 9.97. The van der Waals surface area contributed by atoms with E-state index in [0.29, 0.717) is 12.8 Å². The number of nitrogens with one attached hydrogen (secondary N) is 1. The number of carbonyl (C=O) groups excluding carboxylic acids is 1. The summed E-state index contributed by atoms with van der Waals surface area (Å²) in [7, 11) is -3.90. The van der Waals surface area contributed by atoms with E-state index in [1.807, 2.05) is 12.1 Å². The molecule has 1 N–H and O–H groups in total. The van der Waals surface area contributed by atoms with Gasteiger partial charge in [0.2, 0.25) is 15.9 Å². The average Bonchev–Trinajstić information content (AvgIpc) is 2.82. The predicted octanol–water partition coefficient (Wildman–Crippen LogP) is 4.10. The van der Waals surface area contributed by atoms with E-state index in [1.54, 1.807) is 0 Å². The van der Waals surface area contributed by atoms with Crippen LogP contribution >= 0.6 is 0 Å². The van der Waals surface area contributed by atoms with Crippen molar-refractivity contribution in [2.75, 3.05) is 31.5 Å². The predicted molar refractivity (Wildman–Crippen MR) is 127 cm³/mol. The SMILES string of the molecule is CC1CCN(Cc2ccc(NC(=O)C3CCN(S(=O)(=O)c4ccccc4F)CC3)cc2)CC1. The number of benzene rings is 2. The molecule has 0 atom stereocenters. The summed E-state index contributed by atoms with van der Waals surface area (Å²) in [5.41, 5.74) is 1.98. The van der Waals surface area contributed by atoms with Gasteiger partial charge in [-0.3, -0.25) is 9.69 Å². The molecule has 8 heteroatoms. The summed E-state index contributed by atoms with van der Waals surface area (Å²) in [5.74, 6) is -0.316. The average molecular weight is 474 g/mol. The molecule has 4 rings (SSSR count). The zero-order chi connectivity index (χ0) is 23.4. The van der Waals surface area contributed by atoms with Gasteiger partial charge in [-0.25, -0.2) is 12.8 Å². The second-order valence-corrected chi connectivity index (χ2v) is 11.2. The molecule has 33 heavy (non-hydrogen) atoms. The molecule has 2 fully saturated rings. The van der Waals surface area contributed by atoms with Crippen LogP contribution in [0.1, 0.15) is 38.2 Å². The largest absolute Gasteiger partial charge is 0.326 e. The standard InChI is InChI=1S/C25H32FN3O3S/c1-19-10-14-28(15-11-19)18-20-6-8-22(9-7-20)27-25(30)21-12-16-29(17-13-21)33(31,32)24-5-3-2-4-23(24)26/h2-9,19,21H,10-18H2,1H3,(H,27,30). The number of anilines is 1. The fourth-order valence-electron chi connectivity index (χ4n) is 4.57. The van der Waals surface area contributed by atoms with Crippen LogP contribution in [0.15, 0.2) is 53.4 Å². The first-order chi connectivity index (χ1) is 15.8. The van der Waals surface area contributed by atoms with Crippen LogP contribution in [-0.2, 0) is 21.4 Å². The Morgan fingerprint density at radius 1 is 0.970 bits per heavy atom. The Morgan fingerprint density at radius 3 is 2.24 bits per heavy atom. The van der Waals surface area contributed by atoms with Gasteiger partial charge in [0.1, 0.15) is 10.7 Å². The van der Waals surface area contributed by atoms with Crippen molar-refractivity contribution in [1.82, 2.24) is 9.21 Å². The smallest absolute Gasteiger partial charge is 0.245 e. The van der Waals surface area contributed by atoms with E-state index in [2.05, 4.69) is 29.3 Å². The molecule has 0 bridgehead atoms. The topological polar surface area (TPSA) is 69.7 Å². The van der Waals surface area contributed by atoms with E-state index in [-0.39, 0.29) is 29.8 Å². The van der Waals surface area contributed by atoms with Gasteiger partial charge in [-0.2, -0.15) is 4.31 Å². The van der Waals surface area contributed by atoms with Crippen LogP contribution in [0.25, 0.3) is 0 Å². The molecule has 2 aromatic carbocycles. The number of carbonyl (C=O) groups is 1. The molecule has 2 aromatic rings. The summed E-state index contributed by atoms with van der Waals surface area (Å²) >= 11 is 0. The van der Waals surface area contributed by atoms with Crippen molar-refractivity contribution in [3.8, 4) is 0 Å². The zero-order valence-corrected chi connectivity index (χ0v) is 19.9. The number of rotatable bonds is 6. The van der Waals surface area contributed by atoms with Crippen molar-refractivity contribution < 1.29 is 17.6 Å². The lowest BCUT2D eigenvalue weighted by Gasteiger charge is -2.30. The molecule has 0 radical (unpaired) electrons. The summed E-state index contributed by atoms with van der Waals surface area (Å²) < 4.78 is 40.8. The number of nitrogens with zero attached hydrogens (tertiary/aromatic N) is 2. The van der Waals surface area contributed by atoms with Crippen LogP contribution in [0.5, 0.6) is 0 Å². The van der Waals surface area contributed by atoms with Crippen LogP contribution < -0.4 is 5.32 Å². The maximum Gasteiger partial charge on any atom is 0.245 e. The van der Waals surface area contributed by atoms with Crippen molar-refractivity contribution in [1.29, 1.82) is 0 Å². The molecule has 178 valence electrons. The second kappa shape index (κ2) is 10.3. The third kappa shape index (κ3) is 5.80. The maximum absolute atomic E-state index is 14.0. The highest BCUT2D eigenvalue weighted by Gasteiger charge is 2.33. The first-order valence-electron chi connectivity index (χ1n) is 11.7. The first kappa shape index (κ1) is 23.9. The van der Waals surface area contributed by atoms with Gasteiger partial charge in [0, 0.05) is 31.2 Å². The van der Waals surface area contributed by atoms with Crippen molar-refractivity contribution in [3.63, 3.8) is 0 Å². The van der Waals surface area contributed by atoms with Gasteiger partial charge in [0.25, 0.3) is 0 Å². The Balaban J connectivity index is 1.28. The van der Waals surface area contributed by atoms with Gasteiger partial charge in [0.05, 0.1) is 0 Å². The van der Waals surface area contributed by atoms with Crippen LogP contribution in [0.3, 0.4) is 0 Å². The summed E-state index contributed by atoms with van der Waals surface area (Å²) in [6, 6.07) is 13.4. The second-order valence-electron chi connectivity index (χ2n) is 9.25. The maximum atomic E-state index is 14.0. The number of halogens is 1. The highest BCUT2D eigenvalue weighted by molar-refractivity contribution is 7.89. The number of amides is 1. The molecule has 0 aliphatic carbocycles. The quantitative estimate of drug-likeness (QED) is 0.686. The zero-order valence-electron chi connectivity index (χ0n) is 19.0. The third-order valence-corrected chi connectivity index (χ3v) is 8.71. The molecule has 2 aliphatic heterocycles. The van der Waals surface area contributed by atoms with E-state index in [4.69, 9.17) is 0 Å². The van der Waals surface area contributed by atoms with Crippen molar-refractivity contribution in [3.05, 3.63) is 59.9 Å². The van der Waals surface area contributed by atoms with Gasteiger partial charge in [-0.05, 0) is 74.5 Å². The van der Waals surface area contributed by atoms with Crippen LogP contribution in [0.4, 0.5) is 10.1 Å². The van der Waals surface area contributed by atoms with E-state index < -0.39 is 15.8 Å². The van der Waals surface area contributed by atoms with Gasteiger partial charge in [0.15, 0.2) is 0 Å². The summed E-state index contributed by atoms with van der Waals surface area (Å²) in [4.78, 5) is 14.9. The van der Waals surface area contributed by atoms with Gasteiger partial charge in [-0.15, -0.1) is 0 Å². The fourth-order valence-corrected chi connectivity index (χ4v) is 6.10. The number of piperidine rings is 2. The Labute approximate surface area is 195 Å². The molecular weight excluding hydrogens is 441 g/mol. The van der Waals surface area contributed by atoms with E-state index >= 15 is 0 Å². The van der Waals surface area contributed by atoms with Crippen molar-refractivity contribution >= 4 is 21.6 Å². The van der Waals surface area contributed by atoms with Gasteiger partial charge >= 0.3 is 0 Å². The lowest BCUT2D eigenvalue weighted by molar-refractivity contribution is -0.120. The fraction of sp³-hybridized carbons (Fsp3) is 0.480. The van der Waals surface area contributed by atoms with Crippen molar-refractivity contribution in [2.24, 2.45) is 11.8 Å². The van der Waals surface area contributed by atoms with E-state index in [1.165, 1.54) is 40.9 Å². The first-order valence-corrected chi connectivity index (χ1v) is 13.1. The van der Waals surface area contributed by atoms with Crippen LogP contribution in [0.2, 0.25) is 0 Å². The Bertz CT molecular complexity index is 1060. The summed E-state index contributed by atoms with van der Waals surface area (Å²) in [5, 5.41) is 2.96. The third-order valence-electron chi connectivity index (χ3n) is 6.78. The van der Waals surface area contributed by atoms with Crippen LogP contribution in [0, 0.1) is 17.7 Å². The van der Waals surface area contributed by atoms with Crippen molar-refractivity contribution in [2.45, 2.75) is 44.0 Å². The molecule has 1 amide bonds. The van der Waals surface area contributed by atoms with E-state index in [0.717, 1.165) is 37.3 Å². The van der Waals surface area contributed by atoms with Crippen LogP contribution in [-0.4, -0.2) is 49.7 Å². The highest BCUT2D eigenvalue weighted by atomic mass is 32.2. The molecule has 0 spiro atoms. The molecule has 2 heterocycles. The number of hydrogen-bond acceptors (Lipinski definition) is 4. The van der Waals surface area contributed by atoms with E-state index in [9.17, 15) is 17.6 Å². The minimum absolute atomic E-state index is 0.101. The van der Waals surface area contributed by atoms with Gasteiger partial charge < -0.3 is 5.32 Å². The minimum Gasteiger partial charge on any atom is -0.326 e. The number of hydrogen-bond donors (Lipinski definition) is 1. The Morgan fingerprint density at radius 2 is 1.61 bits per heavy atom. The Kier molecular flexibility index (Phi) is 7.46. The number of likely N-dealkylation sites (tertiary alicyclic amines) is 1. The molecule has 0 saturated carbocycles. The molecular formula is C25H32FN3O3S. The Hall–Kier alpha value is -2.29. The summed E-state index contributed by atoms with van der Waals surface area (Å²) in [6.07, 6.45) is 3.30. The minimum atomic E-state index is -3.90. The molecule has 0 unspecified atom stereocenters. The molecule has 2 aliphatic rings. The monoisotopic (exact) mass is 473 g/mol. The lowest BCUT2D eigenvalue weighted by Crippen LogP contribution is -2.41. The normalized spacial score (nSPS) is 19.5. The highest BCUT2D eigenvalue weighted by Crippen LogP contribution is 2.26. The van der Waals surface area contributed by atoms with Gasteiger partial charge in [-0.1, -0.05) is 31.2 Å². The molecule has 6 nitrogen and oxygen atoms in total. The number of sulfonamides is 1.